The van der Waals surface area contributed by atoms with Crippen molar-refractivity contribution >= 4 is 30.2 Å². The van der Waals surface area contributed by atoms with Crippen LogP contribution in [0.25, 0.3) is 0 Å². The lowest BCUT2D eigenvalue weighted by Crippen LogP contribution is -2.21. The molecule has 0 spiro atoms. The minimum atomic E-state index is -1.96. The quantitative estimate of drug-likeness (QED) is 0.230. The topological polar surface area (TPSA) is 119 Å². The van der Waals surface area contributed by atoms with E-state index in [1.54, 1.807) is 44.4 Å². The summed E-state index contributed by atoms with van der Waals surface area (Å²) in [4.78, 5) is 24.2. The van der Waals surface area contributed by atoms with Crippen molar-refractivity contribution in [2.45, 2.75) is 12.2 Å². The number of hydrogen-bond acceptors (Lipinski definition) is 8. The molecule has 1 atom stereocenters. The van der Waals surface area contributed by atoms with E-state index < -0.39 is 12.2 Å². The Balaban J connectivity index is 2.12. The number of hydrogen-bond donors (Lipinski definition) is 1. The lowest BCUT2D eigenvalue weighted by atomic mass is 10.2. The number of nitro groups is 1. The number of carbonyl (C=O) groups excluding carboxylic acids is 1. The molecule has 11 heteroatoms. The Kier molecular flexibility index (Phi) is 9.19. The van der Waals surface area contributed by atoms with Gasteiger partial charge < -0.3 is 14.7 Å². The number of benzene rings is 2. The molecule has 0 saturated carbocycles. The molecule has 0 saturated heterocycles. The highest BCUT2D eigenvalue weighted by molar-refractivity contribution is 8.49. The summed E-state index contributed by atoms with van der Waals surface area (Å²) >= 11 is 1.05. The third-order valence-electron chi connectivity index (χ3n) is 3.79. The number of aliphatic hydroxyl groups is 1. The molecule has 30 heavy (non-hydrogen) atoms. The molecule has 160 valence electrons. The van der Waals surface area contributed by atoms with Gasteiger partial charge in [0.2, 0.25) is 5.75 Å². The standard InChI is InChI=1S/C19H22N2O7PS/c1-20(2)19(23)15-5-7-16(8-6-15)28-18-12-14(4-9-17(18)21(24)25)13-30-29(26)27-11-3-10-22/h4-9,12,22H,3,10-11,13H2,1-2H3/q+1. The fraction of sp³-hybridized carbons (Fsp3) is 0.316. The SMILES string of the molecule is CN(C)C(=O)c1ccc(Oc2cc(CS[P+](=O)OCCCO)ccc2[N+](=O)[O-])cc1. The van der Waals surface area contributed by atoms with Crippen LogP contribution >= 0.6 is 18.6 Å². The van der Waals surface area contributed by atoms with E-state index in [1.165, 1.54) is 17.0 Å². The molecule has 1 unspecified atom stereocenters. The Hall–Kier alpha value is -2.52. The third kappa shape index (κ3) is 7.07. The number of rotatable bonds is 11. The first-order chi connectivity index (χ1) is 14.3. The number of ether oxygens (including phenoxy) is 1. The van der Waals surface area contributed by atoms with Crippen LogP contribution in [0.15, 0.2) is 42.5 Å². The van der Waals surface area contributed by atoms with Gasteiger partial charge in [0.15, 0.2) is 11.4 Å². The fourth-order valence-electron chi connectivity index (χ4n) is 2.30. The Morgan fingerprint density at radius 2 is 1.93 bits per heavy atom. The predicted octanol–water partition coefficient (Wildman–Crippen LogP) is 4.38. The van der Waals surface area contributed by atoms with Crippen LogP contribution in [-0.4, -0.2) is 48.1 Å². The zero-order chi connectivity index (χ0) is 22.1. The Morgan fingerprint density at radius 3 is 2.53 bits per heavy atom. The summed E-state index contributed by atoms with van der Waals surface area (Å²) in [5, 5.41) is 20.0. The second-order valence-electron chi connectivity index (χ2n) is 6.29. The van der Waals surface area contributed by atoms with Gasteiger partial charge in [0.1, 0.15) is 12.4 Å². The molecular weight excluding hydrogens is 431 g/mol. The number of nitro benzene ring substituents is 1. The van der Waals surface area contributed by atoms with Gasteiger partial charge >= 0.3 is 12.9 Å². The second-order valence-corrected chi connectivity index (χ2v) is 9.21. The van der Waals surface area contributed by atoms with E-state index >= 15 is 0 Å². The van der Waals surface area contributed by atoms with E-state index in [0.29, 0.717) is 29.1 Å². The predicted molar refractivity (Wildman–Crippen MR) is 114 cm³/mol. The first-order valence-electron chi connectivity index (χ1n) is 8.92. The third-order valence-corrected chi connectivity index (χ3v) is 6.19. The first-order valence-corrected chi connectivity index (χ1v) is 11.7. The lowest BCUT2D eigenvalue weighted by molar-refractivity contribution is -0.385. The van der Waals surface area contributed by atoms with Gasteiger partial charge in [0.25, 0.3) is 5.91 Å². The molecular formula is C19H22N2O7PS+. The van der Waals surface area contributed by atoms with Crippen LogP contribution < -0.4 is 4.74 Å². The van der Waals surface area contributed by atoms with Gasteiger partial charge in [-0.1, -0.05) is 6.07 Å². The minimum absolute atomic E-state index is 0.0405. The van der Waals surface area contributed by atoms with Crippen LogP contribution in [0.3, 0.4) is 0 Å². The van der Waals surface area contributed by atoms with Crippen LogP contribution in [0.5, 0.6) is 11.5 Å². The molecule has 0 fully saturated rings. The molecule has 0 aromatic heterocycles. The smallest absolute Gasteiger partial charge is 0.450 e. The van der Waals surface area contributed by atoms with Crippen molar-refractivity contribution in [2.24, 2.45) is 0 Å². The summed E-state index contributed by atoms with van der Waals surface area (Å²) in [5.41, 5.74) is 0.937. The van der Waals surface area contributed by atoms with Crippen molar-refractivity contribution in [1.82, 2.24) is 4.90 Å². The van der Waals surface area contributed by atoms with Crippen molar-refractivity contribution in [3.63, 3.8) is 0 Å². The van der Waals surface area contributed by atoms with E-state index in [4.69, 9.17) is 14.4 Å². The molecule has 1 amide bonds. The number of carbonyl (C=O) groups is 1. The lowest BCUT2D eigenvalue weighted by Gasteiger charge is -2.11. The summed E-state index contributed by atoms with van der Waals surface area (Å²) < 4.78 is 22.6. The molecule has 1 N–H and O–H groups in total. The van der Waals surface area contributed by atoms with Crippen LogP contribution in [0.1, 0.15) is 22.3 Å². The molecule has 0 aliphatic carbocycles. The number of amides is 1. The number of nitrogens with zero attached hydrogens (tertiary/aromatic N) is 2. The monoisotopic (exact) mass is 453 g/mol. The van der Waals surface area contributed by atoms with Gasteiger partial charge in [-0.25, -0.2) is 0 Å². The number of aliphatic hydroxyl groups excluding tert-OH is 1. The molecule has 2 aromatic rings. The largest absolute Gasteiger partial charge is 0.585 e. The Bertz CT molecular complexity index is 906. The maximum atomic E-state index is 12.0. The summed E-state index contributed by atoms with van der Waals surface area (Å²) in [6.45, 7) is 0.154. The van der Waals surface area contributed by atoms with Gasteiger partial charge in [-0.2, -0.15) is 0 Å². The summed E-state index contributed by atoms with van der Waals surface area (Å²) in [5.74, 6) is 0.526. The zero-order valence-electron chi connectivity index (χ0n) is 16.5. The van der Waals surface area contributed by atoms with Crippen molar-refractivity contribution in [3.05, 3.63) is 63.7 Å². The summed E-state index contributed by atoms with van der Waals surface area (Å²) in [7, 11) is 1.32. The minimum Gasteiger partial charge on any atom is -0.450 e. The Labute approximate surface area is 178 Å². The summed E-state index contributed by atoms with van der Waals surface area (Å²) in [6.07, 6.45) is 0.399. The zero-order valence-corrected chi connectivity index (χ0v) is 18.2. The molecule has 2 aromatic carbocycles. The van der Waals surface area contributed by atoms with E-state index in [9.17, 15) is 19.5 Å². The molecule has 0 radical (unpaired) electrons. The maximum Gasteiger partial charge on any atom is 0.585 e. The van der Waals surface area contributed by atoms with Crippen LogP contribution in [-0.2, 0) is 14.8 Å². The van der Waals surface area contributed by atoms with Crippen molar-refractivity contribution in [3.8, 4) is 11.5 Å². The molecule has 0 bridgehead atoms. The first kappa shape index (κ1) is 23.8. The molecule has 0 aliphatic heterocycles. The van der Waals surface area contributed by atoms with Gasteiger partial charge in [-0.05, 0) is 46.9 Å². The van der Waals surface area contributed by atoms with Crippen LogP contribution in [0.2, 0.25) is 0 Å². The molecule has 9 nitrogen and oxygen atoms in total. The van der Waals surface area contributed by atoms with Gasteiger partial charge in [-0.3, -0.25) is 14.9 Å². The van der Waals surface area contributed by atoms with E-state index in [-0.39, 0.29) is 30.6 Å². The van der Waals surface area contributed by atoms with Crippen molar-refractivity contribution in [1.29, 1.82) is 0 Å². The van der Waals surface area contributed by atoms with Gasteiger partial charge in [0.05, 0.1) is 10.7 Å². The van der Waals surface area contributed by atoms with Gasteiger partial charge in [-0.15, -0.1) is 4.52 Å². The van der Waals surface area contributed by atoms with E-state index in [2.05, 4.69) is 0 Å². The average molecular weight is 453 g/mol. The van der Waals surface area contributed by atoms with E-state index in [0.717, 1.165) is 11.4 Å². The average Bonchev–Trinajstić information content (AvgIpc) is 2.72. The highest BCUT2D eigenvalue weighted by Gasteiger charge is 2.22. The molecule has 0 aliphatic rings. The summed E-state index contributed by atoms with van der Waals surface area (Å²) in [6, 6.07) is 10.7. The fourth-order valence-corrected chi connectivity index (χ4v) is 4.30. The highest BCUT2D eigenvalue weighted by Crippen LogP contribution is 2.42. The van der Waals surface area contributed by atoms with E-state index in [1.807, 2.05) is 0 Å². The Morgan fingerprint density at radius 1 is 1.23 bits per heavy atom. The molecule has 2 rings (SSSR count). The highest BCUT2D eigenvalue weighted by atomic mass is 32.7. The van der Waals surface area contributed by atoms with Gasteiger partial charge in [0, 0.05) is 32.3 Å². The normalized spacial score (nSPS) is 11.1. The maximum absolute atomic E-state index is 12.0. The van der Waals surface area contributed by atoms with Crippen LogP contribution in [0.4, 0.5) is 5.69 Å². The molecule has 0 heterocycles. The van der Waals surface area contributed by atoms with Crippen molar-refractivity contribution in [2.75, 3.05) is 27.3 Å². The van der Waals surface area contributed by atoms with Crippen LogP contribution in [0, 0.1) is 10.1 Å². The second kappa shape index (κ2) is 11.6. The van der Waals surface area contributed by atoms with Crippen molar-refractivity contribution < 1.29 is 28.7 Å².